The average molecular weight is 228 g/mol. The van der Waals surface area contributed by atoms with Gasteiger partial charge in [-0.3, -0.25) is 0 Å². The Balaban J connectivity index is 4.90. The first kappa shape index (κ1) is 14.9. The summed E-state index contributed by atoms with van der Waals surface area (Å²) in [6, 6.07) is 0. The van der Waals surface area contributed by atoms with Gasteiger partial charge < -0.3 is 14.9 Å². The fraction of sp³-hybridized carbons (Fsp3) is 0.583. The number of rotatable bonds is 6. The predicted molar refractivity (Wildman–Crippen MR) is 61.8 cm³/mol. The minimum atomic E-state index is -0.905. The molecule has 0 aromatic heterocycles. The lowest BCUT2D eigenvalue weighted by atomic mass is 9.81. The van der Waals surface area contributed by atoms with Crippen LogP contribution in [0.4, 0.5) is 0 Å². The standard InChI is InChI=1S/C12H20O4/c1-5-11(15)16-8-12(6-13,7-14)10(4)9(2)3/h5,13-14H,1,6-8H2,2-4H3. The van der Waals surface area contributed by atoms with Crippen LogP contribution in [0.25, 0.3) is 0 Å². The molecule has 0 heterocycles. The van der Waals surface area contributed by atoms with Crippen LogP contribution in [0.15, 0.2) is 23.8 Å². The van der Waals surface area contributed by atoms with Crippen LogP contribution in [0.1, 0.15) is 20.8 Å². The van der Waals surface area contributed by atoms with Crippen molar-refractivity contribution in [2.45, 2.75) is 20.8 Å². The van der Waals surface area contributed by atoms with Gasteiger partial charge in [-0.2, -0.15) is 0 Å². The maximum absolute atomic E-state index is 11.0. The largest absolute Gasteiger partial charge is 0.461 e. The Kier molecular flexibility index (Phi) is 6.00. The van der Waals surface area contributed by atoms with Gasteiger partial charge in [0.15, 0.2) is 0 Å². The Bertz CT molecular complexity index is 283. The number of aliphatic hydroxyl groups is 2. The summed E-state index contributed by atoms with van der Waals surface area (Å²) in [7, 11) is 0. The SMILES string of the molecule is C=CC(=O)OCC(CO)(CO)C(C)=C(C)C. The third kappa shape index (κ3) is 3.47. The van der Waals surface area contributed by atoms with E-state index in [-0.39, 0.29) is 19.8 Å². The molecule has 92 valence electrons. The zero-order chi connectivity index (χ0) is 12.8. The third-order valence-electron chi connectivity index (χ3n) is 2.81. The third-order valence-corrected chi connectivity index (χ3v) is 2.81. The minimum absolute atomic E-state index is 0.0537. The summed E-state index contributed by atoms with van der Waals surface area (Å²) in [5.41, 5.74) is 0.907. The van der Waals surface area contributed by atoms with Crippen molar-refractivity contribution >= 4 is 5.97 Å². The maximum atomic E-state index is 11.0. The second kappa shape index (κ2) is 6.45. The Morgan fingerprint density at radius 2 is 1.81 bits per heavy atom. The van der Waals surface area contributed by atoms with Crippen molar-refractivity contribution in [1.82, 2.24) is 0 Å². The quantitative estimate of drug-likeness (QED) is 0.405. The first-order chi connectivity index (χ1) is 7.43. The molecule has 0 aromatic rings. The molecule has 0 saturated heterocycles. The molecule has 0 aliphatic heterocycles. The summed E-state index contributed by atoms with van der Waals surface area (Å²) >= 11 is 0. The van der Waals surface area contributed by atoms with Gasteiger partial charge in [-0.25, -0.2) is 4.79 Å². The highest BCUT2D eigenvalue weighted by molar-refractivity contribution is 5.81. The Labute approximate surface area is 96.2 Å². The molecule has 0 saturated carbocycles. The lowest BCUT2D eigenvalue weighted by molar-refractivity contribution is -0.142. The van der Waals surface area contributed by atoms with Crippen LogP contribution >= 0.6 is 0 Å². The summed E-state index contributed by atoms with van der Waals surface area (Å²) in [5.74, 6) is -0.562. The monoisotopic (exact) mass is 228 g/mol. The van der Waals surface area contributed by atoms with E-state index in [1.54, 1.807) is 0 Å². The van der Waals surface area contributed by atoms with Gasteiger partial charge in [0.1, 0.15) is 6.61 Å². The average Bonchev–Trinajstić information content (AvgIpc) is 2.30. The first-order valence-corrected chi connectivity index (χ1v) is 5.09. The number of carbonyl (C=O) groups is 1. The second-order valence-corrected chi connectivity index (χ2v) is 4.03. The van der Waals surface area contributed by atoms with Gasteiger partial charge in [-0.1, -0.05) is 17.7 Å². The molecule has 0 aromatic carbocycles. The number of aliphatic hydroxyl groups excluding tert-OH is 2. The van der Waals surface area contributed by atoms with Crippen molar-refractivity contribution in [2.75, 3.05) is 19.8 Å². The predicted octanol–water partition coefficient (Wildman–Crippen LogP) is 1.04. The van der Waals surface area contributed by atoms with Crippen molar-refractivity contribution in [1.29, 1.82) is 0 Å². The Hall–Kier alpha value is -1.13. The lowest BCUT2D eigenvalue weighted by Gasteiger charge is -2.31. The van der Waals surface area contributed by atoms with Crippen molar-refractivity contribution in [3.63, 3.8) is 0 Å². The van der Waals surface area contributed by atoms with Gasteiger partial charge >= 0.3 is 5.97 Å². The van der Waals surface area contributed by atoms with Crippen molar-refractivity contribution in [3.8, 4) is 0 Å². The summed E-state index contributed by atoms with van der Waals surface area (Å²) in [5, 5.41) is 18.7. The van der Waals surface area contributed by atoms with E-state index >= 15 is 0 Å². The fourth-order valence-corrected chi connectivity index (χ4v) is 1.29. The van der Waals surface area contributed by atoms with E-state index in [0.717, 1.165) is 17.2 Å². The molecule has 0 rings (SSSR count). The molecule has 0 aliphatic rings. The van der Waals surface area contributed by atoms with E-state index in [9.17, 15) is 15.0 Å². The lowest BCUT2D eigenvalue weighted by Crippen LogP contribution is -2.37. The molecule has 2 N–H and O–H groups in total. The molecular weight excluding hydrogens is 208 g/mol. The van der Waals surface area contributed by atoms with E-state index in [1.165, 1.54) is 0 Å². The number of carbonyl (C=O) groups excluding carboxylic acids is 1. The molecule has 16 heavy (non-hydrogen) atoms. The number of esters is 1. The molecule has 0 fully saturated rings. The first-order valence-electron chi connectivity index (χ1n) is 5.09. The number of hydrogen-bond acceptors (Lipinski definition) is 4. The van der Waals surface area contributed by atoms with Crippen LogP contribution in [0.5, 0.6) is 0 Å². The van der Waals surface area contributed by atoms with Gasteiger partial charge in [-0.05, 0) is 20.8 Å². The summed E-state index contributed by atoms with van der Waals surface area (Å²) in [6.45, 7) is 8.25. The number of ether oxygens (including phenoxy) is 1. The molecule has 0 spiro atoms. The van der Waals surface area contributed by atoms with E-state index in [2.05, 4.69) is 6.58 Å². The minimum Gasteiger partial charge on any atom is -0.461 e. The maximum Gasteiger partial charge on any atom is 0.330 e. The van der Waals surface area contributed by atoms with E-state index in [0.29, 0.717) is 0 Å². The highest BCUT2D eigenvalue weighted by Gasteiger charge is 2.33. The fourth-order valence-electron chi connectivity index (χ4n) is 1.29. The topological polar surface area (TPSA) is 66.8 Å². The van der Waals surface area contributed by atoms with E-state index < -0.39 is 11.4 Å². The Morgan fingerprint density at radius 3 is 2.12 bits per heavy atom. The molecule has 0 radical (unpaired) electrons. The van der Waals surface area contributed by atoms with Crippen LogP contribution in [0, 0.1) is 5.41 Å². The zero-order valence-corrected chi connectivity index (χ0v) is 10.1. The summed E-state index contributed by atoms with van der Waals surface area (Å²) < 4.78 is 4.90. The van der Waals surface area contributed by atoms with Gasteiger partial charge in [0.2, 0.25) is 0 Å². The van der Waals surface area contributed by atoms with Crippen LogP contribution in [0.2, 0.25) is 0 Å². The van der Waals surface area contributed by atoms with Gasteiger partial charge in [0.25, 0.3) is 0 Å². The van der Waals surface area contributed by atoms with Crippen molar-refractivity contribution in [3.05, 3.63) is 23.8 Å². The molecule has 0 atom stereocenters. The molecule has 0 unspecified atom stereocenters. The van der Waals surface area contributed by atoms with Crippen molar-refractivity contribution < 1.29 is 19.7 Å². The normalized spacial score (nSPS) is 10.8. The Morgan fingerprint density at radius 1 is 1.31 bits per heavy atom. The zero-order valence-electron chi connectivity index (χ0n) is 10.1. The molecule has 0 aliphatic carbocycles. The molecule has 0 bridgehead atoms. The highest BCUT2D eigenvalue weighted by Crippen LogP contribution is 2.29. The highest BCUT2D eigenvalue weighted by atomic mass is 16.5. The molecular formula is C12H20O4. The van der Waals surface area contributed by atoms with Crippen LogP contribution in [0.3, 0.4) is 0 Å². The molecule has 4 nitrogen and oxygen atoms in total. The van der Waals surface area contributed by atoms with Gasteiger partial charge in [0.05, 0.1) is 18.6 Å². The van der Waals surface area contributed by atoms with Gasteiger partial charge in [0, 0.05) is 6.08 Å². The van der Waals surface area contributed by atoms with E-state index in [4.69, 9.17) is 4.74 Å². The summed E-state index contributed by atoms with van der Waals surface area (Å²) in [6.07, 6.45) is 1.05. The molecule has 4 heteroatoms. The van der Waals surface area contributed by atoms with Crippen LogP contribution < -0.4 is 0 Å². The van der Waals surface area contributed by atoms with Crippen LogP contribution in [-0.4, -0.2) is 36.0 Å². The number of allylic oxidation sites excluding steroid dienone is 1. The van der Waals surface area contributed by atoms with Crippen LogP contribution in [-0.2, 0) is 9.53 Å². The van der Waals surface area contributed by atoms with Crippen molar-refractivity contribution in [2.24, 2.45) is 5.41 Å². The smallest absolute Gasteiger partial charge is 0.330 e. The number of hydrogen-bond donors (Lipinski definition) is 2. The van der Waals surface area contributed by atoms with E-state index in [1.807, 2.05) is 20.8 Å². The summed E-state index contributed by atoms with van der Waals surface area (Å²) in [4.78, 5) is 11.0. The second-order valence-electron chi connectivity index (χ2n) is 4.03. The molecule has 0 amide bonds. The van der Waals surface area contributed by atoms with Gasteiger partial charge in [-0.15, -0.1) is 0 Å².